The molecule has 2 N–H and O–H groups in total. The highest BCUT2D eigenvalue weighted by Gasteiger charge is 2.51. The number of carboxylic acid groups (broad SMARTS) is 1. The fourth-order valence-electron chi connectivity index (χ4n) is 2.84. The average molecular weight is 374 g/mol. The summed E-state index contributed by atoms with van der Waals surface area (Å²) in [5, 5.41) is 12.7. The number of hydrogen-bond donors (Lipinski definition) is 2. The first kappa shape index (κ1) is 16.6. The van der Waals surface area contributed by atoms with Gasteiger partial charge in [0.15, 0.2) is 0 Å². The van der Waals surface area contributed by atoms with E-state index in [4.69, 9.17) is 16.0 Å². The Hall–Kier alpha value is -2.86. The Kier molecular flexibility index (Phi) is 3.73. The first-order chi connectivity index (χ1) is 12.4. The quantitative estimate of drug-likeness (QED) is 0.717. The third kappa shape index (κ3) is 2.82. The van der Waals surface area contributed by atoms with Crippen molar-refractivity contribution in [3.05, 3.63) is 58.9 Å². The van der Waals surface area contributed by atoms with Gasteiger partial charge in [0.25, 0.3) is 5.91 Å². The summed E-state index contributed by atoms with van der Waals surface area (Å²) in [5.41, 5.74) is -0.370. The van der Waals surface area contributed by atoms with Gasteiger partial charge in [-0.2, -0.15) is 0 Å². The molecule has 7 heteroatoms. The molecule has 132 valence electrons. The van der Waals surface area contributed by atoms with Crippen molar-refractivity contribution in [1.82, 2.24) is 5.32 Å². The van der Waals surface area contributed by atoms with Crippen molar-refractivity contribution < 1.29 is 23.5 Å². The average Bonchev–Trinajstić information content (AvgIpc) is 3.26. The number of furan rings is 1. The fourth-order valence-corrected chi connectivity index (χ4v) is 2.97. The van der Waals surface area contributed by atoms with Gasteiger partial charge in [-0.05, 0) is 55.3 Å². The maximum Gasteiger partial charge on any atom is 0.329 e. The summed E-state index contributed by atoms with van der Waals surface area (Å²) in [7, 11) is 0. The highest BCUT2D eigenvalue weighted by atomic mass is 35.5. The van der Waals surface area contributed by atoms with Gasteiger partial charge in [-0.15, -0.1) is 0 Å². The molecule has 1 saturated carbocycles. The zero-order valence-corrected chi connectivity index (χ0v) is 14.1. The number of hydrogen-bond acceptors (Lipinski definition) is 3. The first-order valence-corrected chi connectivity index (χ1v) is 8.31. The van der Waals surface area contributed by atoms with Gasteiger partial charge >= 0.3 is 5.97 Å². The predicted octanol–water partition coefficient (Wildman–Crippen LogP) is 4.24. The topological polar surface area (TPSA) is 79.5 Å². The minimum atomic E-state index is -1.26. The second kappa shape index (κ2) is 5.85. The molecule has 1 fully saturated rings. The molecule has 1 heterocycles. The first-order valence-electron chi connectivity index (χ1n) is 7.93. The van der Waals surface area contributed by atoms with Crippen LogP contribution in [0, 0.1) is 5.82 Å². The van der Waals surface area contributed by atoms with E-state index in [1.54, 1.807) is 30.3 Å². The monoisotopic (exact) mass is 373 g/mol. The predicted molar refractivity (Wildman–Crippen MR) is 93.7 cm³/mol. The van der Waals surface area contributed by atoms with Crippen molar-refractivity contribution in [2.24, 2.45) is 0 Å². The normalized spacial score (nSPS) is 15.0. The Labute approximate surface area is 152 Å². The minimum absolute atomic E-state index is 0.0345. The van der Waals surface area contributed by atoms with Crippen molar-refractivity contribution in [3.63, 3.8) is 0 Å². The summed E-state index contributed by atoms with van der Waals surface area (Å²) >= 11 is 5.88. The number of halogens is 2. The molecule has 4 rings (SSSR count). The van der Waals surface area contributed by atoms with Crippen LogP contribution in [-0.2, 0) is 4.79 Å². The maximum absolute atomic E-state index is 14.0. The van der Waals surface area contributed by atoms with Crippen LogP contribution in [0.15, 0.2) is 46.9 Å². The van der Waals surface area contributed by atoms with Crippen molar-refractivity contribution in [3.8, 4) is 11.3 Å². The number of benzene rings is 2. The molecule has 0 unspecified atom stereocenters. The summed E-state index contributed by atoms with van der Waals surface area (Å²) in [6.07, 6.45) is 0.696. The molecule has 0 radical (unpaired) electrons. The molecular weight excluding hydrogens is 361 g/mol. The SMILES string of the molecule is O=C(NC1(C(=O)O)CC1)c1cc(F)cc2cc(-c3ccc(Cl)cc3)oc12. The molecule has 3 aromatic rings. The molecule has 0 saturated heterocycles. The molecule has 26 heavy (non-hydrogen) atoms. The summed E-state index contributed by atoms with van der Waals surface area (Å²) < 4.78 is 19.8. The van der Waals surface area contributed by atoms with E-state index in [0.29, 0.717) is 29.0 Å². The highest BCUT2D eigenvalue weighted by Crippen LogP contribution is 2.37. The van der Waals surface area contributed by atoms with Crippen LogP contribution in [0.3, 0.4) is 0 Å². The lowest BCUT2D eigenvalue weighted by Crippen LogP contribution is -2.43. The van der Waals surface area contributed by atoms with E-state index in [2.05, 4.69) is 5.32 Å². The van der Waals surface area contributed by atoms with Crippen LogP contribution < -0.4 is 5.32 Å². The minimum Gasteiger partial charge on any atom is -0.480 e. The lowest BCUT2D eigenvalue weighted by molar-refractivity contribution is -0.140. The van der Waals surface area contributed by atoms with Gasteiger partial charge in [0.1, 0.15) is 22.7 Å². The van der Waals surface area contributed by atoms with E-state index in [-0.39, 0.29) is 11.1 Å². The molecule has 0 spiro atoms. The van der Waals surface area contributed by atoms with Crippen molar-refractivity contribution in [2.45, 2.75) is 18.4 Å². The van der Waals surface area contributed by atoms with Crippen LogP contribution >= 0.6 is 11.6 Å². The van der Waals surface area contributed by atoms with Crippen LogP contribution in [0.25, 0.3) is 22.3 Å². The number of carbonyl (C=O) groups excluding carboxylic acids is 1. The van der Waals surface area contributed by atoms with Gasteiger partial charge in [0.05, 0.1) is 5.56 Å². The van der Waals surface area contributed by atoms with Crippen LogP contribution in [-0.4, -0.2) is 22.5 Å². The highest BCUT2D eigenvalue weighted by molar-refractivity contribution is 6.30. The van der Waals surface area contributed by atoms with Gasteiger partial charge in [-0.3, -0.25) is 4.79 Å². The molecular formula is C19H13ClFNO4. The Morgan fingerprint density at radius 3 is 2.46 bits per heavy atom. The number of fused-ring (bicyclic) bond motifs is 1. The smallest absolute Gasteiger partial charge is 0.329 e. The zero-order chi connectivity index (χ0) is 18.5. The molecule has 1 aromatic heterocycles. The summed E-state index contributed by atoms with van der Waals surface area (Å²) in [6, 6.07) is 10.8. The number of amides is 1. The molecule has 1 aliphatic rings. The Bertz CT molecular complexity index is 1040. The number of carboxylic acids is 1. The summed E-state index contributed by atoms with van der Waals surface area (Å²) in [6.45, 7) is 0. The van der Waals surface area contributed by atoms with Crippen LogP contribution in [0.1, 0.15) is 23.2 Å². The van der Waals surface area contributed by atoms with E-state index in [9.17, 15) is 19.1 Å². The Morgan fingerprint density at radius 2 is 1.85 bits per heavy atom. The van der Waals surface area contributed by atoms with E-state index < -0.39 is 23.2 Å². The van der Waals surface area contributed by atoms with Crippen LogP contribution in [0.2, 0.25) is 5.02 Å². The van der Waals surface area contributed by atoms with Crippen LogP contribution in [0.5, 0.6) is 0 Å². The lowest BCUT2D eigenvalue weighted by Gasteiger charge is -2.12. The third-order valence-electron chi connectivity index (χ3n) is 4.47. The van der Waals surface area contributed by atoms with Crippen molar-refractivity contribution >= 4 is 34.4 Å². The molecule has 2 aromatic carbocycles. The molecule has 0 atom stereocenters. The number of nitrogens with one attached hydrogen (secondary N) is 1. The van der Waals surface area contributed by atoms with Gasteiger partial charge in [-0.25, -0.2) is 9.18 Å². The van der Waals surface area contributed by atoms with Gasteiger partial charge in [0.2, 0.25) is 0 Å². The molecule has 0 aliphatic heterocycles. The van der Waals surface area contributed by atoms with E-state index >= 15 is 0 Å². The Balaban J connectivity index is 1.76. The summed E-state index contributed by atoms with van der Waals surface area (Å²) in [4.78, 5) is 23.8. The van der Waals surface area contributed by atoms with E-state index in [1.165, 1.54) is 6.07 Å². The van der Waals surface area contributed by atoms with E-state index in [1.807, 2.05) is 0 Å². The number of aliphatic carboxylic acids is 1. The molecule has 0 bridgehead atoms. The molecule has 5 nitrogen and oxygen atoms in total. The van der Waals surface area contributed by atoms with E-state index in [0.717, 1.165) is 11.6 Å². The lowest BCUT2D eigenvalue weighted by atomic mass is 10.1. The summed E-state index contributed by atoms with van der Waals surface area (Å²) in [5.74, 6) is -1.92. The molecule has 1 amide bonds. The molecule has 1 aliphatic carbocycles. The van der Waals surface area contributed by atoms with Gasteiger partial charge < -0.3 is 14.8 Å². The van der Waals surface area contributed by atoms with Crippen LogP contribution in [0.4, 0.5) is 4.39 Å². The standard InChI is InChI=1S/C19H13ClFNO4/c20-12-3-1-10(2-4-12)15-8-11-7-13(21)9-14(16(11)26-15)17(23)22-19(5-6-19)18(24)25/h1-4,7-9H,5-6H2,(H,22,23)(H,24,25). The largest absolute Gasteiger partial charge is 0.480 e. The van der Waals surface area contributed by atoms with Gasteiger partial charge in [0, 0.05) is 16.0 Å². The van der Waals surface area contributed by atoms with Crippen molar-refractivity contribution in [2.75, 3.05) is 0 Å². The number of carbonyl (C=O) groups is 2. The second-order valence-electron chi connectivity index (χ2n) is 6.33. The van der Waals surface area contributed by atoms with Gasteiger partial charge in [-0.1, -0.05) is 11.6 Å². The second-order valence-corrected chi connectivity index (χ2v) is 6.77. The fraction of sp³-hybridized carbons (Fsp3) is 0.158. The maximum atomic E-state index is 14.0. The Morgan fingerprint density at radius 1 is 1.15 bits per heavy atom. The zero-order valence-electron chi connectivity index (χ0n) is 13.4. The third-order valence-corrected chi connectivity index (χ3v) is 4.72. The van der Waals surface area contributed by atoms with Crippen molar-refractivity contribution in [1.29, 1.82) is 0 Å². The number of rotatable bonds is 4.